The molecule has 5 heteroatoms. The van der Waals surface area contributed by atoms with Crippen LogP contribution in [0, 0.1) is 0 Å². The van der Waals surface area contributed by atoms with Gasteiger partial charge in [0.05, 0.1) is 24.4 Å². The van der Waals surface area contributed by atoms with Crippen molar-refractivity contribution < 1.29 is 14.3 Å². The van der Waals surface area contributed by atoms with Crippen LogP contribution in [0.3, 0.4) is 0 Å². The van der Waals surface area contributed by atoms with Crippen LogP contribution in [-0.2, 0) is 27.1 Å². The molecule has 4 nitrogen and oxygen atoms in total. The molecular formula is C20H30ClNO3. The van der Waals surface area contributed by atoms with Gasteiger partial charge in [-0.05, 0) is 50.7 Å². The zero-order chi connectivity index (χ0) is 18.4. The topological polar surface area (TPSA) is 38.8 Å². The quantitative estimate of drug-likeness (QED) is 0.703. The van der Waals surface area contributed by atoms with Gasteiger partial charge in [-0.3, -0.25) is 4.79 Å². The summed E-state index contributed by atoms with van der Waals surface area (Å²) in [5.41, 5.74) is 3.26. The maximum Gasteiger partial charge on any atom is 0.242 e. The van der Waals surface area contributed by atoms with Crippen molar-refractivity contribution >= 4 is 23.2 Å². The van der Waals surface area contributed by atoms with Gasteiger partial charge in [-0.2, -0.15) is 0 Å². The Labute approximate surface area is 156 Å². The third-order valence-electron chi connectivity index (χ3n) is 4.73. The van der Waals surface area contributed by atoms with Crippen molar-refractivity contribution in [3.63, 3.8) is 0 Å². The smallest absolute Gasteiger partial charge is 0.242 e. The molecule has 1 heterocycles. The third kappa shape index (κ3) is 5.19. The molecule has 2 atom stereocenters. The molecule has 0 aliphatic carbocycles. The molecule has 2 rings (SSSR count). The first-order valence-corrected chi connectivity index (χ1v) is 9.81. The third-order valence-corrected chi connectivity index (χ3v) is 4.96. The average molecular weight is 368 g/mol. The van der Waals surface area contributed by atoms with Crippen molar-refractivity contribution in [2.24, 2.45) is 0 Å². The summed E-state index contributed by atoms with van der Waals surface area (Å²) >= 11 is 5.92. The number of alkyl halides is 1. The Morgan fingerprint density at radius 2 is 1.64 bits per heavy atom. The largest absolute Gasteiger partial charge is 0.348 e. The number of aryl methyl sites for hydroxylation is 2. The van der Waals surface area contributed by atoms with Crippen LogP contribution in [0.1, 0.15) is 51.7 Å². The van der Waals surface area contributed by atoms with E-state index in [1.165, 1.54) is 0 Å². The van der Waals surface area contributed by atoms with E-state index in [1.807, 2.05) is 6.07 Å². The summed E-state index contributed by atoms with van der Waals surface area (Å²) in [6.07, 6.45) is 3.45. The van der Waals surface area contributed by atoms with Crippen molar-refractivity contribution in [2.45, 2.75) is 71.9 Å². The van der Waals surface area contributed by atoms with Crippen molar-refractivity contribution in [3.8, 4) is 0 Å². The number of carbonyl (C=O) groups is 1. The lowest BCUT2D eigenvalue weighted by atomic mass is 10.0. The summed E-state index contributed by atoms with van der Waals surface area (Å²) in [5.74, 6) is -0.173. The molecule has 0 aromatic heterocycles. The monoisotopic (exact) mass is 367 g/mol. The van der Waals surface area contributed by atoms with E-state index in [0.717, 1.165) is 42.5 Å². The molecular weight excluding hydrogens is 338 g/mol. The number of anilines is 1. The second-order valence-electron chi connectivity index (χ2n) is 6.67. The number of carbonyl (C=O) groups excluding carboxylic acids is 1. The summed E-state index contributed by atoms with van der Waals surface area (Å²) in [6.45, 7) is 8.68. The van der Waals surface area contributed by atoms with Crippen molar-refractivity contribution in [2.75, 3.05) is 17.3 Å². The van der Waals surface area contributed by atoms with E-state index in [0.29, 0.717) is 6.54 Å². The predicted molar refractivity (Wildman–Crippen MR) is 102 cm³/mol. The van der Waals surface area contributed by atoms with Gasteiger partial charge in [0, 0.05) is 0 Å². The Bertz CT molecular complexity index is 544. The van der Waals surface area contributed by atoms with Gasteiger partial charge in [-0.1, -0.05) is 32.0 Å². The molecule has 0 N–H and O–H groups in total. The van der Waals surface area contributed by atoms with E-state index in [4.69, 9.17) is 21.1 Å². The zero-order valence-corrected chi connectivity index (χ0v) is 16.5. The minimum Gasteiger partial charge on any atom is -0.348 e. The lowest BCUT2D eigenvalue weighted by Crippen LogP contribution is -2.42. The Hall–Kier alpha value is -1.10. The number of ether oxygens (including phenoxy) is 2. The number of halogens is 1. The van der Waals surface area contributed by atoms with Gasteiger partial charge in [0.2, 0.25) is 5.91 Å². The van der Waals surface area contributed by atoms with E-state index in [1.54, 1.807) is 4.90 Å². The fourth-order valence-electron chi connectivity index (χ4n) is 3.34. The molecule has 1 aromatic rings. The molecule has 140 valence electrons. The van der Waals surface area contributed by atoms with Crippen molar-refractivity contribution in [3.05, 3.63) is 29.3 Å². The van der Waals surface area contributed by atoms with Crippen LogP contribution in [0.4, 0.5) is 5.69 Å². The summed E-state index contributed by atoms with van der Waals surface area (Å²) in [5, 5.41) is 0. The molecule has 0 bridgehead atoms. The molecule has 0 spiro atoms. The van der Waals surface area contributed by atoms with Gasteiger partial charge >= 0.3 is 0 Å². The van der Waals surface area contributed by atoms with E-state index in [9.17, 15) is 4.79 Å². The fraction of sp³-hybridized carbons (Fsp3) is 0.650. The highest BCUT2D eigenvalue weighted by Gasteiger charge is 2.28. The first-order chi connectivity index (χ1) is 12.0. The van der Waals surface area contributed by atoms with Gasteiger partial charge < -0.3 is 14.4 Å². The lowest BCUT2D eigenvalue weighted by molar-refractivity contribution is -0.163. The van der Waals surface area contributed by atoms with Crippen LogP contribution in [0.25, 0.3) is 0 Å². The van der Waals surface area contributed by atoms with Gasteiger partial charge in [-0.15, -0.1) is 11.6 Å². The normalized spacial score (nSPS) is 24.0. The number of hydrogen-bond acceptors (Lipinski definition) is 3. The Morgan fingerprint density at radius 1 is 1.12 bits per heavy atom. The molecule has 0 radical (unpaired) electrons. The summed E-state index contributed by atoms with van der Waals surface area (Å²) in [7, 11) is 0. The van der Waals surface area contributed by atoms with Gasteiger partial charge in [-0.25, -0.2) is 0 Å². The Balaban J connectivity index is 2.35. The minimum absolute atomic E-state index is 0.0565. The van der Waals surface area contributed by atoms with E-state index in [-0.39, 0.29) is 24.0 Å². The van der Waals surface area contributed by atoms with Crippen molar-refractivity contribution in [1.29, 1.82) is 0 Å². The van der Waals surface area contributed by atoms with Crippen molar-refractivity contribution in [1.82, 2.24) is 0 Å². The van der Waals surface area contributed by atoms with E-state index < -0.39 is 6.29 Å². The summed E-state index contributed by atoms with van der Waals surface area (Å²) < 4.78 is 12.0. The number of benzene rings is 1. The van der Waals surface area contributed by atoms with Gasteiger partial charge in [0.15, 0.2) is 6.29 Å². The number of rotatable bonds is 6. The highest BCUT2D eigenvalue weighted by Crippen LogP contribution is 2.29. The first kappa shape index (κ1) is 20.2. The Kier molecular flexibility index (Phi) is 7.73. The first-order valence-electron chi connectivity index (χ1n) is 9.28. The van der Waals surface area contributed by atoms with Crippen LogP contribution >= 0.6 is 11.6 Å². The van der Waals surface area contributed by atoms with Crippen LogP contribution < -0.4 is 4.90 Å². The molecule has 25 heavy (non-hydrogen) atoms. The molecule has 0 saturated carbocycles. The maximum absolute atomic E-state index is 12.7. The van der Waals surface area contributed by atoms with Crippen LogP contribution in [0.15, 0.2) is 18.2 Å². The number of amides is 1. The molecule has 2 unspecified atom stereocenters. The molecule has 1 aromatic carbocycles. The molecule has 1 aliphatic rings. The Morgan fingerprint density at radius 3 is 2.08 bits per heavy atom. The van der Waals surface area contributed by atoms with E-state index >= 15 is 0 Å². The fourth-order valence-corrected chi connectivity index (χ4v) is 3.49. The second-order valence-corrected chi connectivity index (χ2v) is 6.94. The molecule has 1 fully saturated rings. The number of para-hydroxylation sites is 1. The number of hydrogen-bond donors (Lipinski definition) is 0. The highest BCUT2D eigenvalue weighted by molar-refractivity contribution is 6.29. The summed E-state index contributed by atoms with van der Waals surface area (Å²) in [4.78, 5) is 14.4. The second kappa shape index (κ2) is 9.56. The highest BCUT2D eigenvalue weighted by atomic mass is 35.5. The molecule has 1 amide bonds. The lowest BCUT2D eigenvalue weighted by Gasteiger charge is -2.31. The molecule has 1 saturated heterocycles. The summed E-state index contributed by atoms with van der Waals surface area (Å²) in [6, 6.07) is 6.19. The van der Waals surface area contributed by atoms with E-state index in [2.05, 4.69) is 39.8 Å². The minimum atomic E-state index is -0.436. The van der Waals surface area contributed by atoms with Gasteiger partial charge in [0.1, 0.15) is 5.88 Å². The maximum atomic E-state index is 12.7. The van der Waals surface area contributed by atoms with Crippen LogP contribution in [-0.4, -0.2) is 36.8 Å². The predicted octanol–water partition coefficient (Wildman–Crippen LogP) is 4.31. The number of nitrogens with zero attached hydrogens (tertiary/aromatic N) is 1. The van der Waals surface area contributed by atoms with Crippen LogP contribution in [0.2, 0.25) is 0 Å². The average Bonchev–Trinajstić information content (AvgIpc) is 2.78. The van der Waals surface area contributed by atoms with Gasteiger partial charge in [0.25, 0.3) is 0 Å². The standard InChI is InChI=1S/C20H30ClNO3/c1-5-16-8-7-9-17(6-2)20(16)22(18(23)12-21)13-19-24-14(3)10-11-15(4)25-19/h7-9,14-15,19H,5-6,10-13H2,1-4H3. The SMILES string of the molecule is CCc1cccc(CC)c1N(CC1OC(C)CCC(C)O1)C(=O)CCl. The van der Waals surface area contributed by atoms with Crippen LogP contribution in [0.5, 0.6) is 0 Å². The molecule has 1 aliphatic heterocycles. The zero-order valence-electron chi connectivity index (χ0n) is 15.8.